The van der Waals surface area contributed by atoms with E-state index in [2.05, 4.69) is 16.1 Å². The minimum Gasteiger partial charge on any atom is -0.444 e. The maximum Gasteiger partial charge on any atom is 0.411 e. The molecule has 0 aromatic heterocycles. The third-order valence-corrected chi connectivity index (χ3v) is 8.59. The van der Waals surface area contributed by atoms with E-state index in [1.54, 1.807) is 9.80 Å². The van der Waals surface area contributed by atoms with E-state index in [1.807, 2.05) is 20.8 Å². The lowest BCUT2D eigenvalue weighted by Crippen LogP contribution is -2.68. The van der Waals surface area contributed by atoms with Crippen molar-refractivity contribution in [2.24, 2.45) is 17.0 Å². The third-order valence-electron chi connectivity index (χ3n) is 8.59. The predicted molar refractivity (Wildman–Crippen MR) is 145 cm³/mol. The van der Waals surface area contributed by atoms with Crippen molar-refractivity contribution in [1.82, 2.24) is 9.80 Å². The van der Waals surface area contributed by atoms with Crippen LogP contribution in [0.5, 0.6) is 0 Å². The number of hydrogen-bond acceptors (Lipinski definition) is 8. The molecule has 0 radical (unpaired) electrons. The number of carbonyl (C=O) groups excluding carboxylic acids is 2. The molecule has 2 amide bonds. The molecule has 5 aliphatic rings. The monoisotopic (exact) mass is 560 g/mol. The molecule has 12 heteroatoms. The molecule has 5 fully saturated rings. The highest BCUT2D eigenvalue weighted by Crippen LogP contribution is 2.61. The lowest BCUT2D eigenvalue weighted by atomic mass is 9.50. The fourth-order valence-electron chi connectivity index (χ4n) is 7.57. The zero-order valence-corrected chi connectivity index (χ0v) is 24.2. The van der Waals surface area contributed by atoms with E-state index in [0.717, 1.165) is 38.5 Å². The SMILES string of the molecule is CC(C)(C)OC(=O)N(CC(=O)N1CCC[C@H]1C#N)C12CC3C[C@H](CC(OCCOCCOCCN=[N+]=[N-])(C3)C1)C2. The van der Waals surface area contributed by atoms with Crippen LogP contribution in [0, 0.1) is 23.2 Å². The Morgan fingerprint density at radius 1 is 1.10 bits per heavy atom. The van der Waals surface area contributed by atoms with Gasteiger partial charge in [0.2, 0.25) is 5.91 Å². The molecule has 0 aromatic carbocycles. The van der Waals surface area contributed by atoms with E-state index in [1.165, 1.54) is 0 Å². The summed E-state index contributed by atoms with van der Waals surface area (Å²) >= 11 is 0. The van der Waals surface area contributed by atoms with Crippen molar-refractivity contribution >= 4 is 12.0 Å². The molecule has 4 bridgehead atoms. The molecule has 0 N–H and O–H groups in total. The molecule has 40 heavy (non-hydrogen) atoms. The highest BCUT2D eigenvalue weighted by atomic mass is 16.6. The van der Waals surface area contributed by atoms with Gasteiger partial charge in [0.25, 0.3) is 0 Å². The molecule has 0 aromatic rings. The van der Waals surface area contributed by atoms with Crippen LogP contribution in [0.3, 0.4) is 0 Å². The topological polar surface area (TPSA) is 150 Å². The molecule has 4 aliphatic carbocycles. The summed E-state index contributed by atoms with van der Waals surface area (Å²) in [5.74, 6) is 0.659. The van der Waals surface area contributed by atoms with Crippen molar-refractivity contribution in [2.75, 3.05) is 52.7 Å². The zero-order valence-electron chi connectivity index (χ0n) is 24.2. The Morgan fingerprint density at radius 2 is 1.77 bits per heavy atom. The van der Waals surface area contributed by atoms with Crippen LogP contribution in [0.4, 0.5) is 4.79 Å². The molecule has 0 spiro atoms. The first-order valence-electron chi connectivity index (χ1n) is 14.6. The lowest BCUT2D eigenvalue weighted by Gasteiger charge is -2.64. The second kappa shape index (κ2) is 12.9. The maximum atomic E-state index is 13.7. The molecule has 12 nitrogen and oxygen atoms in total. The first-order chi connectivity index (χ1) is 19.1. The minimum atomic E-state index is -0.693. The van der Waals surface area contributed by atoms with E-state index in [9.17, 15) is 14.9 Å². The quantitative estimate of drug-likeness (QED) is 0.142. The fourth-order valence-corrected chi connectivity index (χ4v) is 7.57. The number of carbonyl (C=O) groups is 2. The summed E-state index contributed by atoms with van der Waals surface area (Å²) in [6.07, 6.45) is 6.38. The Bertz CT molecular complexity index is 988. The summed E-state index contributed by atoms with van der Waals surface area (Å²) in [5.41, 5.74) is 6.73. The van der Waals surface area contributed by atoms with Crippen LogP contribution in [0.1, 0.15) is 72.1 Å². The van der Waals surface area contributed by atoms with Crippen molar-refractivity contribution in [1.29, 1.82) is 5.26 Å². The highest BCUT2D eigenvalue weighted by Gasteiger charge is 2.62. The second-order valence-electron chi connectivity index (χ2n) is 12.8. The first-order valence-corrected chi connectivity index (χ1v) is 14.6. The Hall–Kier alpha value is -2.58. The molecule has 1 saturated heterocycles. The van der Waals surface area contributed by atoms with Crippen LogP contribution in [-0.2, 0) is 23.7 Å². The molecule has 1 aliphatic heterocycles. The van der Waals surface area contributed by atoms with Gasteiger partial charge in [-0.2, -0.15) is 5.26 Å². The Morgan fingerprint density at radius 3 is 2.42 bits per heavy atom. The first kappa shape index (κ1) is 30.4. The van der Waals surface area contributed by atoms with Gasteiger partial charge in [0.05, 0.1) is 50.2 Å². The van der Waals surface area contributed by atoms with Gasteiger partial charge in [0, 0.05) is 18.0 Å². The summed E-state index contributed by atoms with van der Waals surface area (Å²) < 4.78 is 23.5. The van der Waals surface area contributed by atoms with Gasteiger partial charge in [-0.15, -0.1) is 0 Å². The summed E-state index contributed by atoms with van der Waals surface area (Å²) in [6.45, 7) is 8.37. The van der Waals surface area contributed by atoms with Crippen molar-refractivity contribution in [2.45, 2.75) is 94.9 Å². The van der Waals surface area contributed by atoms with E-state index in [0.29, 0.717) is 70.8 Å². The van der Waals surface area contributed by atoms with E-state index >= 15 is 0 Å². The van der Waals surface area contributed by atoms with Gasteiger partial charge in [-0.05, 0) is 89.5 Å². The van der Waals surface area contributed by atoms with E-state index < -0.39 is 23.3 Å². The van der Waals surface area contributed by atoms with Crippen LogP contribution >= 0.6 is 0 Å². The van der Waals surface area contributed by atoms with Gasteiger partial charge in [-0.25, -0.2) is 4.79 Å². The molecular formula is C28H44N6O6. The summed E-state index contributed by atoms with van der Waals surface area (Å²) in [7, 11) is 0. The highest BCUT2D eigenvalue weighted by molar-refractivity contribution is 5.83. The number of nitrogens with zero attached hydrogens (tertiary/aromatic N) is 6. The predicted octanol–water partition coefficient (Wildman–Crippen LogP) is 4.19. The van der Waals surface area contributed by atoms with Crippen LogP contribution in [0.2, 0.25) is 0 Å². The summed E-state index contributed by atoms with van der Waals surface area (Å²) in [5, 5.41) is 13.0. The summed E-state index contributed by atoms with van der Waals surface area (Å²) in [6, 6.07) is 1.81. The van der Waals surface area contributed by atoms with Gasteiger partial charge in [-0.3, -0.25) is 9.69 Å². The van der Waals surface area contributed by atoms with Gasteiger partial charge < -0.3 is 23.8 Å². The molecule has 5 atom stereocenters. The Balaban J connectivity index is 1.41. The van der Waals surface area contributed by atoms with Crippen LogP contribution in [0.15, 0.2) is 5.11 Å². The molecule has 1 heterocycles. The average Bonchev–Trinajstić information content (AvgIpc) is 3.35. The van der Waals surface area contributed by atoms with E-state index in [4.69, 9.17) is 24.5 Å². The zero-order chi connectivity index (χ0) is 28.8. The number of nitriles is 1. The second-order valence-corrected chi connectivity index (χ2v) is 12.8. The fraction of sp³-hybridized carbons (Fsp3) is 0.893. The number of azide groups is 1. The van der Waals surface area contributed by atoms with Gasteiger partial charge in [0.15, 0.2) is 0 Å². The standard InChI is InChI=1S/C28H44N6O6/c1-26(2,3)40-25(36)34(19-24(35)33-7-4-5-23(33)18-29)27-14-21-13-22(15-27)17-28(16-21,20-27)39-12-11-38-10-9-37-8-6-31-32-30/h21-23H,4-17,19-20H2,1-3H3/t21-,22?,23-,27?,28?/m0/s1. The van der Waals surface area contributed by atoms with E-state index in [-0.39, 0.29) is 18.1 Å². The largest absolute Gasteiger partial charge is 0.444 e. The molecule has 222 valence electrons. The summed E-state index contributed by atoms with van der Waals surface area (Å²) in [4.78, 5) is 33.2. The molecule has 4 saturated carbocycles. The van der Waals surface area contributed by atoms with Gasteiger partial charge >= 0.3 is 6.09 Å². The third kappa shape index (κ3) is 7.38. The normalized spacial score (nSPS) is 30.6. The van der Waals surface area contributed by atoms with Gasteiger partial charge in [0.1, 0.15) is 18.2 Å². The number of likely N-dealkylation sites (tertiary alicyclic amines) is 1. The minimum absolute atomic E-state index is 0.0780. The molecule has 5 rings (SSSR count). The van der Waals surface area contributed by atoms with Crippen molar-refractivity contribution in [3.8, 4) is 6.07 Å². The van der Waals surface area contributed by atoms with Crippen LogP contribution < -0.4 is 0 Å². The Labute approximate surface area is 236 Å². The molecular weight excluding hydrogens is 516 g/mol. The number of rotatable bonds is 13. The lowest BCUT2D eigenvalue weighted by molar-refractivity contribution is -0.202. The van der Waals surface area contributed by atoms with Crippen molar-refractivity contribution in [3.05, 3.63) is 10.4 Å². The Kier molecular flexibility index (Phi) is 9.83. The van der Waals surface area contributed by atoms with Crippen LogP contribution in [0.25, 0.3) is 10.4 Å². The number of hydrogen-bond donors (Lipinski definition) is 0. The maximum absolute atomic E-state index is 13.7. The smallest absolute Gasteiger partial charge is 0.411 e. The van der Waals surface area contributed by atoms with Crippen molar-refractivity contribution in [3.63, 3.8) is 0 Å². The number of amides is 2. The molecule has 3 unspecified atom stereocenters. The number of ether oxygens (including phenoxy) is 4. The average molecular weight is 561 g/mol. The van der Waals surface area contributed by atoms with Gasteiger partial charge in [-0.1, -0.05) is 5.11 Å². The van der Waals surface area contributed by atoms with Crippen molar-refractivity contribution < 1.29 is 28.5 Å². The van der Waals surface area contributed by atoms with Crippen LogP contribution in [-0.4, -0.2) is 97.3 Å².